The van der Waals surface area contributed by atoms with Gasteiger partial charge in [0.15, 0.2) is 5.78 Å². The maximum absolute atomic E-state index is 13.8. The lowest BCUT2D eigenvalue weighted by atomic mass is 10.2. The van der Waals surface area contributed by atoms with Crippen molar-refractivity contribution in [1.82, 2.24) is 0 Å². The fourth-order valence-corrected chi connectivity index (χ4v) is 5.05. The lowest BCUT2D eigenvalue weighted by Gasteiger charge is -2.26. The quantitative estimate of drug-likeness (QED) is 0.413. The Kier molecular flexibility index (Phi) is 7.73. The average molecular weight is 488 g/mol. The number of anilines is 1. The molecule has 0 aromatic heterocycles. The van der Waals surface area contributed by atoms with Crippen LogP contribution in [0.2, 0.25) is 5.02 Å². The summed E-state index contributed by atoms with van der Waals surface area (Å²) in [5.74, 6) is -0.814. The molecular weight excluding hydrogens is 466 g/mol. The first-order valence-corrected chi connectivity index (χ1v) is 11.7. The van der Waals surface area contributed by atoms with Crippen molar-refractivity contribution in [3.05, 3.63) is 88.9 Å². The summed E-state index contributed by atoms with van der Waals surface area (Å²) >= 11 is 6.28. The number of carbonyl (C=O) groups excluding carboxylic acids is 2. The molecule has 0 unspecified atom stereocenters. The molecule has 0 atom stereocenters. The first-order chi connectivity index (χ1) is 15.7. The Hall–Kier alpha value is -3.36. The average Bonchev–Trinajstić information content (AvgIpc) is 2.81. The monoisotopic (exact) mass is 487 g/mol. The Balaban J connectivity index is 2.11. The van der Waals surface area contributed by atoms with Crippen molar-refractivity contribution in [3.63, 3.8) is 0 Å². The van der Waals surface area contributed by atoms with E-state index in [1.165, 1.54) is 30.5 Å². The lowest BCUT2D eigenvalue weighted by molar-refractivity contribution is -0.120. The number of esters is 1. The van der Waals surface area contributed by atoms with Gasteiger partial charge in [0, 0.05) is 0 Å². The van der Waals surface area contributed by atoms with Gasteiger partial charge in [-0.3, -0.25) is 9.10 Å². The molecule has 0 amide bonds. The van der Waals surface area contributed by atoms with Gasteiger partial charge in [-0.15, -0.1) is 0 Å². The van der Waals surface area contributed by atoms with Gasteiger partial charge in [0.05, 0.1) is 29.9 Å². The number of rotatable bonds is 9. The van der Waals surface area contributed by atoms with E-state index in [1.54, 1.807) is 48.5 Å². The van der Waals surface area contributed by atoms with Crippen molar-refractivity contribution >= 4 is 39.1 Å². The van der Waals surface area contributed by atoms with Gasteiger partial charge in [0.25, 0.3) is 10.0 Å². The number of ketones is 1. The molecule has 3 rings (SSSR count). The van der Waals surface area contributed by atoms with Crippen LogP contribution in [0.4, 0.5) is 5.69 Å². The second-order valence-electron chi connectivity index (χ2n) is 7.09. The van der Waals surface area contributed by atoms with Crippen molar-refractivity contribution < 1.29 is 27.5 Å². The predicted molar refractivity (Wildman–Crippen MR) is 125 cm³/mol. The molecule has 0 aliphatic heterocycles. The SMILES string of the molecule is COc1ccccc1N(Cc1ccccc1)S(=O)(=O)c1cc(C(=O)OCC(C)=O)ccc1Cl. The molecule has 172 valence electrons. The minimum absolute atomic E-state index is 0.00111. The van der Waals surface area contributed by atoms with Crippen LogP contribution in [0.25, 0.3) is 0 Å². The fourth-order valence-electron chi connectivity index (χ4n) is 3.08. The Morgan fingerprint density at radius 1 is 0.970 bits per heavy atom. The number of Topliss-reactive ketones (excluding diaryl/α,β-unsaturated/α-hetero) is 1. The predicted octanol–water partition coefficient (Wildman–Crippen LogP) is 4.49. The summed E-state index contributed by atoms with van der Waals surface area (Å²) in [4.78, 5) is 23.2. The number of carbonyl (C=O) groups is 2. The minimum Gasteiger partial charge on any atom is -0.495 e. The molecule has 0 N–H and O–H groups in total. The summed E-state index contributed by atoms with van der Waals surface area (Å²) in [6.07, 6.45) is 0. The van der Waals surface area contributed by atoms with Gasteiger partial charge in [0.2, 0.25) is 0 Å². The van der Waals surface area contributed by atoms with E-state index in [0.29, 0.717) is 11.4 Å². The number of hydrogen-bond donors (Lipinski definition) is 0. The molecule has 0 spiro atoms. The Labute approximate surface area is 197 Å². The maximum atomic E-state index is 13.8. The number of benzene rings is 3. The van der Waals surface area contributed by atoms with Crippen LogP contribution in [0.1, 0.15) is 22.8 Å². The molecule has 9 heteroatoms. The van der Waals surface area contributed by atoms with Gasteiger partial charge in [0.1, 0.15) is 17.3 Å². The van der Waals surface area contributed by atoms with Gasteiger partial charge >= 0.3 is 5.97 Å². The third-order valence-electron chi connectivity index (χ3n) is 4.66. The van der Waals surface area contributed by atoms with Crippen LogP contribution in [0.15, 0.2) is 77.7 Å². The largest absolute Gasteiger partial charge is 0.495 e. The molecule has 33 heavy (non-hydrogen) atoms. The molecule has 0 saturated heterocycles. The normalized spacial score (nSPS) is 11.0. The van der Waals surface area contributed by atoms with Gasteiger partial charge in [-0.2, -0.15) is 0 Å². The zero-order chi connectivity index (χ0) is 24.0. The van der Waals surface area contributed by atoms with Crippen molar-refractivity contribution in [1.29, 1.82) is 0 Å². The van der Waals surface area contributed by atoms with Crippen LogP contribution in [-0.4, -0.2) is 33.9 Å². The van der Waals surface area contributed by atoms with Crippen LogP contribution in [-0.2, 0) is 26.1 Å². The molecule has 0 aliphatic carbocycles. The van der Waals surface area contributed by atoms with Crippen molar-refractivity contribution in [2.45, 2.75) is 18.4 Å². The summed E-state index contributed by atoms with van der Waals surface area (Å²) in [5, 5.41) is -0.0638. The topological polar surface area (TPSA) is 90.0 Å². The number of halogens is 1. The number of sulfonamides is 1. The van der Waals surface area contributed by atoms with Gasteiger partial charge in [-0.1, -0.05) is 54.1 Å². The van der Waals surface area contributed by atoms with Gasteiger partial charge in [-0.05, 0) is 42.8 Å². The smallest absolute Gasteiger partial charge is 0.338 e. The molecule has 0 bridgehead atoms. The van der Waals surface area contributed by atoms with E-state index in [9.17, 15) is 18.0 Å². The third-order valence-corrected chi connectivity index (χ3v) is 6.91. The fraction of sp³-hybridized carbons (Fsp3) is 0.167. The Bertz CT molecular complexity index is 1260. The second kappa shape index (κ2) is 10.5. The summed E-state index contributed by atoms with van der Waals surface area (Å²) in [6, 6.07) is 19.5. The van der Waals surface area contributed by atoms with Crippen LogP contribution in [0.5, 0.6) is 5.75 Å². The number of nitrogens with zero attached hydrogens (tertiary/aromatic N) is 1. The summed E-state index contributed by atoms with van der Waals surface area (Å²) in [7, 11) is -2.81. The number of para-hydroxylation sites is 2. The number of methoxy groups -OCH3 is 1. The zero-order valence-electron chi connectivity index (χ0n) is 18.0. The molecule has 0 heterocycles. The molecule has 0 radical (unpaired) electrons. The number of ether oxygens (including phenoxy) is 2. The van der Waals surface area contributed by atoms with Crippen molar-refractivity contribution in [3.8, 4) is 5.75 Å². The Morgan fingerprint density at radius 3 is 2.30 bits per heavy atom. The highest BCUT2D eigenvalue weighted by Gasteiger charge is 2.30. The van der Waals surface area contributed by atoms with E-state index in [-0.39, 0.29) is 27.8 Å². The highest BCUT2D eigenvalue weighted by Crippen LogP contribution is 2.36. The third kappa shape index (κ3) is 5.71. The van der Waals surface area contributed by atoms with Crippen LogP contribution in [0.3, 0.4) is 0 Å². The molecule has 0 saturated carbocycles. The minimum atomic E-state index is -4.26. The van der Waals surface area contributed by atoms with Crippen molar-refractivity contribution in [2.75, 3.05) is 18.0 Å². The molecule has 3 aromatic carbocycles. The van der Waals surface area contributed by atoms with Crippen LogP contribution < -0.4 is 9.04 Å². The molecule has 0 aliphatic rings. The van der Waals surface area contributed by atoms with E-state index in [4.69, 9.17) is 21.1 Å². The van der Waals surface area contributed by atoms with Gasteiger partial charge < -0.3 is 9.47 Å². The highest BCUT2D eigenvalue weighted by atomic mass is 35.5. The van der Waals surface area contributed by atoms with Gasteiger partial charge in [-0.25, -0.2) is 13.2 Å². The van der Waals surface area contributed by atoms with Crippen LogP contribution >= 0.6 is 11.6 Å². The van der Waals surface area contributed by atoms with E-state index >= 15 is 0 Å². The molecular formula is C24H22ClNO6S. The first kappa shape index (κ1) is 24.3. The zero-order valence-corrected chi connectivity index (χ0v) is 19.6. The lowest BCUT2D eigenvalue weighted by Crippen LogP contribution is -2.31. The number of hydrogen-bond acceptors (Lipinski definition) is 6. The summed E-state index contributed by atoms with van der Waals surface area (Å²) < 4.78 is 39.2. The van der Waals surface area contributed by atoms with E-state index in [1.807, 2.05) is 6.07 Å². The second-order valence-corrected chi connectivity index (χ2v) is 9.33. The maximum Gasteiger partial charge on any atom is 0.338 e. The summed E-state index contributed by atoms with van der Waals surface area (Å²) in [6.45, 7) is 0.865. The molecule has 7 nitrogen and oxygen atoms in total. The standard InChI is InChI=1S/C24H22ClNO6S/c1-17(27)16-32-24(28)19-12-13-20(25)23(14-19)33(29,30)26(15-18-8-4-3-5-9-18)21-10-6-7-11-22(21)31-2/h3-14H,15-16H2,1-2H3. The van der Waals surface area contributed by atoms with Crippen LogP contribution in [0, 0.1) is 0 Å². The van der Waals surface area contributed by atoms with E-state index < -0.39 is 22.6 Å². The van der Waals surface area contributed by atoms with E-state index in [2.05, 4.69) is 0 Å². The van der Waals surface area contributed by atoms with Crippen molar-refractivity contribution in [2.24, 2.45) is 0 Å². The molecule has 3 aromatic rings. The Morgan fingerprint density at radius 2 is 1.64 bits per heavy atom. The molecule has 0 fully saturated rings. The summed E-state index contributed by atoms with van der Waals surface area (Å²) in [5.41, 5.74) is 1.00. The first-order valence-electron chi connectivity index (χ1n) is 9.90. The highest BCUT2D eigenvalue weighted by molar-refractivity contribution is 7.93. The van der Waals surface area contributed by atoms with E-state index in [0.717, 1.165) is 11.6 Å².